The molecule has 0 saturated carbocycles. The molecule has 0 aliphatic heterocycles. The molecule has 6 nitrogen and oxygen atoms in total. The second-order valence-electron chi connectivity index (χ2n) is 5.83. The van der Waals surface area contributed by atoms with Gasteiger partial charge in [-0.25, -0.2) is 9.78 Å². The molecule has 0 bridgehead atoms. The first-order valence-corrected chi connectivity index (χ1v) is 8.87. The van der Waals surface area contributed by atoms with Gasteiger partial charge in [-0.15, -0.1) is 0 Å². The van der Waals surface area contributed by atoms with Gasteiger partial charge in [0, 0.05) is 25.1 Å². The third kappa shape index (κ3) is 4.53. The molecule has 8 heteroatoms. The molecule has 2 N–H and O–H groups in total. The van der Waals surface area contributed by atoms with Crippen molar-refractivity contribution in [1.82, 2.24) is 14.9 Å². The normalized spacial score (nSPS) is 11.7. The smallest absolute Gasteiger partial charge is 0.320 e. The van der Waals surface area contributed by atoms with E-state index in [1.165, 1.54) is 0 Å². The zero-order valence-electron chi connectivity index (χ0n) is 14.7. The van der Waals surface area contributed by atoms with E-state index in [9.17, 15) is 4.79 Å². The first kappa shape index (κ1) is 19.1. The minimum atomic E-state index is -0.446. The van der Waals surface area contributed by atoms with Crippen molar-refractivity contribution in [3.63, 3.8) is 0 Å². The number of ether oxygens (including phenoxy) is 1. The molecule has 0 saturated heterocycles. The molecule has 0 unspecified atom stereocenters. The van der Waals surface area contributed by atoms with Gasteiger partial charge >= 0.3 is 6.03 Å². The van der Waals surface area contributed by atoms with Gasteiger partial charge in [-0.1, -0.05) is 35.3 Å². The number of anilines is 1. The quantitative estimate of drug-likeness (QED) is 0.650. The number of amides is 2. The molecule has 1 heterocycles. The lowest BCUT2D eigenvalue weighted by Crippen LogP contribution is -2.34. The monoisotopic (exact) mass is 404 g/mol. The van der Waals surface area contributed by atoms with Gasteiger partial charge in [0.1, 0.15) is 17.6 Å². The zero-order chi connectivity index (χ0) is 19.4. The number of carbonyl (C=O) groups excluding carboxylic acids is 1. The van der Waals surface area contributed by atoms with Crippen molar-refractivity contribution in [2.24, 2.45) is 7.05 Å². The van der Waals surface area contributed by atoms with Crippen LogP contribution in [-0.4, -0.2) is 22.7 Å². The minimum Gasteiger partial charge on any atom is -0.497 e. The summed E-state index contributed by atoms with van der Waals surface area (Å²) in [5.41, 5.74) is 1.41. The van der Waals surface area contributed by atoms with E-state index in [0.29, 0.717) is 21.6 Å². The van der Waals surface area contributed by atoms with Crippen LogP contribution in [0.3, 0.4) is 0 Å². The van der Waals surface area contributed by atoms with Crippen LogP contribution in [-0.2, 0) is 7.05 Å². The lowest BCUT2D eigenvalue weighted by atomic mass is 10.1. The van der Waals surface area contributed by atoms with Gasteiger partial charge < -0.3 is 19.9 Å². The Labute approximate surface area is 167 Å². The minimum absolute atomic E-state index is 0.366. The van der Waals surface area contributed by atoms with Gasteiger partial charge in [0.15, 0.2) is 0 Å². The number of aromatic nitrogens is 2. The second kappa shape index (κ2) is 8.33. The number of aryl methyl sites for hydroxylation is 1. The Balaban J connectivity index is 1.83. The summed E-state index contributed by atoms with van der Waals surface area (Å²) in [4.78, 5) is 16.9. The Morgan fingerprint density at radius 2 is 1.89 bits per heavy atom. The number of nitrogens with zero attached hydrogens (tertiary/aromatic N) is 2. The van der Waals surface area contributed by atoms with Gasteiger partial charge in [0.05, 0.1) is 17.2 Å². The van der Waals surface area contributed by atoms with Crippen LogP contribution in [0.15, 0.2) is 54.9 Å². The van der Waals surface area contributed by atoms with Gasteiger partial charge in [0.25, 0.3) is 0 Å². The maximum Gasteiger partial charge on any atom is 0.320 e. The average molecular weight is 405 g/mol. The number of urea groups is 1. The van der Waals surface area contributed by atoms with Crippen molar-refractivity contribution in [2.45, 2.75) is 6.04 Å². The molecule has 1 atom stereocenters. The Morgan fingerprint density at radius 1 is 1.15 bits per heavy atom. The predicted octanol–water partition coefficient (Wildman–Crippen LogP) is 4.65. The highest BCUT2D eigenvalue weighted by atomic mass is 35.5. The molecule has 2 aromatic carbocycles. The van der Waals surface area contributed by atoms with Gasteiger partial charge in [-0.05, 0) is 35.9 Å². The largest absolute Gasteiger partial charge is 0.497 e. The fraction of sp³-hybridized carbons (Fsp3) is 0.158. The number of methoxy groups -OCH3 is 1. The molecule has 140 valence electrons. The Morgan fingerprint density at radius 3 is 2.48 bits per heavy atom. The van der Waals surface area contributed by atoms with E-state index < -0.39 is 12.1 Å². The second-order valence-corrected chi connectivity index (χ2v) is 6.64. The van der Waals surface area contributed by atoms with Crippen molar-refractivity contribution >= 4 is 34.9 Å². The molecule has 27 heavy (non-hydrogen) atoms. The Hall–Kier alpha value is -2.70. The molecule has 0 fully saturated rings. The summed E-state index contributed by atoms with van der Waals surface area (Å²) in [7, 11) is 3.48. The van der Waals surface area contributed by atoms with Crippen LogP contribution in [0.5, 0.6) is 5.75 Å². The molecule has 0 aliphatic carbocycles. The third-order valence-corrected chi connectivity index (χ3v) is 4.76. The van der Waals surface area contributed by atoms with Crippen LogP contribution in [0, 0.1) is 0 Å². The number of hydrogen-bond donors (Lipinski definition) is 2. The van der Waals surface area contributed by atoms with E-state index in [1.54, 1.807) is 31.5 Å². The van der Waals surface area contributed by atoms with E-state index >= 15 is 0 Å². The van der Waals surface area contributed by atoms with Crippen molar-refractivity contribution in [1.29, 1.82) is 0 Å². The number of nitrogens with one attached hydrogen (secondary N) is 2. The molecule has 3 aromatic rings. The molecular formula is C19H18Cl2N4O2. The van der Waals surface area contributed by atoms with Crippen molar-refractivity contribution in [3.05, 3.63) is 76.3 Å². The third-order valence-electron chi connectivity index (χ3n) is 4.02. The standard InChI is InChI=1S/C19H18Cl2N4O2/c1-25-10-9-22-18(25)17(12-3-6-14(27-2)7-4-12)24-19(26)23-13-5-8-15(20)16(21)11-13/h3-11,17H,1-2H3,(H2,23,24,26)/t17-/m1/s1. The van der Waals surface area contributed by atoms with Crippen LogP contribution in [0.4, 0.5) is 10.5 Å². The number of halogens is 2. The van der Waals surface area contributed by atoms with Crippen LogP contribution in [0.25, 0.3) is 0 Å². The van der Waals surface area contributed by atoms with Gasteiger partial charge in [-0.3, -0.25) is 0 Å². The van der Waals surface area contributed by atoms with E-state index in [1.807, 2.05) is 42.1 Å². The van der Waals surface area contributed by atoms with Crippen LogP contribution in [0.1, 0.15) is 17.4 Å². The summed E-state index contributed by atoms with van der Waals surface area (Å²) in [5.74, 6) is 1.43. The Kier molecular flexibility index (Phi) is 5.88. The summed E-state index contributed by atoms with van der Waals surface area (Å²) in [5, 5.41) is 6.49. The van der Waals surface area contributed by atoms with Crippen molar-refractivity contribution in [2.75, 3.05) is 12.4 Å². The number of rotatable bonds is 5. The van der Waals surface area contributed by atoms with Gasteiger partial charge in [-0.2, -0.15) is 0 Å². The first-order chi connectivity index (χ1) is 13.0. The van der Waals surface area contributed by atoms with Crippen LogP contribution in [0.2, 0.25) is 10.0 Å². The topological polar surface area (TPSA) is 68.2 Å². The summed E-state index contributed by atoms with van der Waals surface area (Å²) in [6, 6.07) is 11.5. The summed E-state index contributed by atoms with van der Waals surface area (Å²) in [6.07, 6.45) is 3.51. The molecule has 0 aliphatic rings. The highest BCUT2D eigenvalue weighted by Gasteiger charge is 2.21. The fourth-order valence-corrected chi connectivity index (χ4v) is 2.92. The summed E-state index contributed by atoms with van der Waals surface area (Å²) < 4.78 is 7.06. The number of hydrogen-bond acceptors (Lipinski definition) is 3. The van der Waals surface area contributed by atoms with Crippen molar-refractivity contribution in [3.8, 4) is 5.75 Å². The zero-order valence-corrected chi connectivity index (χ0v) is 16.3. The molecule has 0 spiro atoms. The number of carbonyl (C=O) groups is 1. The van der Waals surface area contributed by atoms with E-state index in [2.05, 4.69) is 15.6 Å². The van der Waals surface area contributed by atoms with Crippen molar-refractivity contribution < 1.29 is 9.53 Å². The van der Waals surface area contributed by atoms with Gasteiger partial charge in [0.2, 0.25) is 0 Å². The highest BCUT2D eigenvalue weighted by Crippen LogP contribution is 2.26. The molecular weight excluding hydrogens is 387 g/mol. The lowest BCUT2D eigenvalue weighted by molar-refractivity contribution is 0.249. The summed E-state index contributed by atoms with van der Waals surface area (Å²) in [6.45, 7) is 0. The maximum absolute atomic E-state index is 12.6. The lowest BCUT2D eigenvalue weighted by Gasteiger charge is -2.20. The molecule has 0 radical (unpaired) electrons. The van der Waals surface area contributed by atoms with E-state index in [0.717, 1.165) is 11.3 Å². The average Bonchev–Trinajstić information content (AvgIpc) is 3.08. The first-order valence-electron chi connectivity index (χ1n) is 8.11. The number of imidazole rings is 1. The fourth-order valence-electron chi connectivity index (χ4n) is 2.62. The molecule has 2 amide bonds. The predicted molar refractivity (Wildman–Crippen MR) is 107 cm³/mol. The van der Waals surface area contributed by atoms with E-state index in [-0.39, 0.29) is 0 Å². The van der Waals surface area contributed by atoms with Crippen LogP contribution >= 0.6 is 23.2 Å². The highest BCUT2D eigenvalue weighted by molar-refractivity contribution is 6.42. The summed E-state index contributed by atoms with van der Waals surface area (Å²) >= 11 is 11.9. The SMILES string of the molecule is COc1ccc([C@@H](NC(=O)Nc2ccc(Cl)c(Cl)c2)c2nccn2C)cc1. The molecule has 3 rings (SSSR count). The maximum atomic E-state index is 12.6. The molecule has 1 aromatic heterocycles. The Bertz CT molecular complexity index is 941. The van der Waals surface area contributed by atoms with E-state index in [4.69, 9.17) is 27.9 Å². The van der Waals surface area contributed by atoms with Crippen LogP contribution < -0.4 is 15.4 Å². The number of benzene rings is 2.